The predicted molar refractivity (Wildman–Crippen MR) is 68.0 cm³/mol. The molecular weight excluding hydrogens is 246 g/mol. The van der Waals surface area contributed by atoms with Gasteiger partial charge >= 0.3 is 5.97 Å². The van der Waals surface area contributed by atoms with Crippen molar-refractivity contribution in [2.24, 2.45) is 0 Å². The van der Waals surface area contributed by atoms with Gasteiger partial charge in [-0.3, -0.25) is 9.88 Å². The molecule has 0 spiro atoms. The number of aliphatic carboxylic acids is 1. The summed E-state index contributed by atoms with van der Waals surface area (Å²) in [4.78, 5) is 16.6. The van der Waals surface area contributed by atoms with Gasteiger partial charge in [0.05, 0.1) is 6.07 Å². The standard InChI is InChI=1S/C13H17N3O3/c1-13(19,12(17)18)10-16(7-3-5-14)9-11-4-2-6-15-8-11/h2,4,6,8,19H,3,7,9-10H2,1H3,(H,17,18). The molecule has 0 aliphatic rings. The molecule has 1 aromatic heterocycles. The molecule has 0 aromatic carbocycles. The normalized spacial score (nSPS) is 13.8. The number of nitriles is 1. The first kappa shape index (κ1) is 15.1. The zero-order valence-corrected chi connectivity index (χ0v) is 10.8. The summed E-state index contributed by atoms with van der Waals surface area (Å²) in [5, 5.41) is 27.3. The number of aromatic nitrogens is 1. The minimum absolute atomic E-state index is 0.0428. The number of nitrogens with zero attached hydrogens (tertiary/aromatic N) is 3. The molecule has 1 atom stereocenters. The molecule has 6 nitrogen and oxygen atoms in total. The average molecular weight is 263 g/mol. The van der Waals surface area contributed by atoms with Gasteiger partial charge in [-0.05, 0) is 18.6 Å². The Morgan fingerprint density at radius 2 is 2.37 bits per heavy atom. The van der Waals surface area contributed by atoms with Gasteiger partial charge in [-0.25, -0.2) is 4.79 Å². The molecule has 102 valence electrons. The van der Waals surface area contributed by atoms with E-state index < -0.39 is 11.6 Å². The average Bonchev–Trinajstić information content (AvgIpc) is 2.36. The van der Waals surface area contributed by atoms with E-state index in [1.807, 2.05) is 12.1 Å². The second-order valence-electron chi connectivity index (χ2n) is 4.56. The van der Waals surface area contributed by atoms with Crippen molar-refractivity contribution in [1.29, 1.82) is 5.26 Å². The van der Waals surface area contributed by atoms with Gasteiger partial charge in [-0.15, -0.1) is 0 Å². The highest BCUT2D eigenvalue weighted by molar-refractivity contribution is 5.76. The summed E-state index contributed by atoms with van der Waals surface area (Å²) in [6.45, 7) is 2.05. The largest absolute Gasteiger partial charge is 0.479 e. The van der Waals surface area contributed by atoms with Gasteiger partial charge in [-0.1, -0.05) is 6.07 Å². The summed E-state index contributed by atoms with van der Waals surface area (Å²) in [6.07, 6.45) is 3.60. The maximum absolute atomic E-state index is 10.9. The molecule has 2 N–H and O–H groups in total. The van der Waals surface area contributed by atoms with E-state index in [0.29, 0.717) is 13.1 Å². The molecule has 0 fully saturated rings. The Kier molecular flexibility index (Phi) is 5.42. The van der Waals surface area contributed by atoms with Gasteiger partial charge in [0.1, 0.15) is 0 Å². The van der Waals surface area contributed by atoms with Gasteiger partial charge in [0.2, 0.25) is 0 Å². The van der Waals surface area contributed by atoms with Crippen LogP contribution in [0.5, 0.6) is 0 Å². The Labute approximate surface area is 111 Å². The number of pyridine rings is 1. The van der Waals surface area contributed by atoms with E-state index in [1.165, 1.54) is 6.92 Å². The fraction of sp³-hybridized carbons (Fsp3) is 0.462. The van der Waals surface area contributed by atoms with Crippen molar-refractivity contribution in [3.63, 3.8) is 0 Å². The molecule has 0 bridgehead atoms. The summed E-state index contributed by atoms with van der Waals surface area (Å²) in [6, 6.07) is 5.66. The van der Waals surface area contributed by atoms with Crippen LogP contribution in [0.4, 0.5) is 0 Å². The van der Waals surface area contributed by atoms with Gasteiger partial charge in [-0.2, -0.15) is 5.26 Å². The molecule has 1 unspecified atom stereocenters. The van der Waals surface area contributed by atoms with E-state index in [1.54, 1.807) is 23.4 Å². The van der Waals surface area contributed by atoms with Crippen molar-refractivity contribution in [1.82, 2.24) is 9.88 Å². The highest BCUT2D eigenvalue weighted by Crippen LogP contribution is 2.11. The molecule has 6 heteroatoms. The number of aliphatic hydroxyl groups is 1. The van der Waals surface area contributed by atoms with Crippen molar-refractivity contribution in [3.8, 4) is 6.07 Å². The first-order valence-electron chi connectivity index (χ1n) is 5.89. The van der Waals surface area contributed by atoms with Crippen LogP contribution in [0.3, 0.4) is 0 Å². The van der Waals surface area contributed by atoms with Crippen LogP contribution in [0, 0.1) is 11.3 Å². The maximum atomic E-state index is 10.9. The monoisotopic (exact) mass is 263 g/mol. The lowest BCUT2D eigenvalue weighted by Crippen LogP contribution is -2.46. The molecule has 0 aliphatic heterocycles. The Morgan fingerprint density at radius 3 is 2.89 bits per heavy atom. The van der Waals surface area contributed by atoms with E-state index >= 15 is 0 Å². The van der Waals surface area contributed by atoms with Crippen molar-refractivity contribution in [2.45, 2.75) is 25.5 Å². The number of carbonyl (C=O) groups is 1. The SMILES string of the molecule is CC(O)(CN(CCC#N)Cc1cccnc1)C(=O)O. The second-order valence-corrected chi connectivity index (χ2v) is 4.56. The molecule has 0 saturated heterocycles. The van der Waals surface area contributed by atoms with Crippen molar-refractivity contribution < 1.29 is 15.0 Å². The first-order valence-corrected chi connectivity index (χ1v) is 5.89. The zero-order valence-electron chi connectivity index (χ0n) is 10.8. The predicted octanol–water partition coefficient (Wildman–Crippen LogP) is 0.633. The molecule has 1 rings (SSSR count). The van der Waals surface area contributed by atoms with Crippen LogP contribution in [-0.2, 0) is 11.3 Å². The van der Waals surface area contributed by atoms with E-state index in [-0.39, 0.29) is 13.0 Å². The Bertz CT molecular complexity index is 454. The molecule has 1 heterocycles. The Balaban J connectivity index is 2.72. The van der Waals surface area contributed by atoms with Gasteiger partial charge in [0, 0.05) is 38.4 Å². The summed E-state index contributed by atoms with van der Waals surface area (Å²) in [7, 11) is 0. The fourth-order valence-electron chi connectivity index (χ4n) is 1.68. The van der Waals surface area contributed by atoms with E-state index in [9.17, 15) is 9.90 Å². The van der Waals surface area contributed by atoms with Crippen molar-refractivity contribution in [2.75, 3.05) is 13.1 Å². The van der Waals surface area contributed by atoms with Crippen LogP contribution < -0.4 is 0 Å². The highest BCUT2D eigenvalue weighted by Gasteiger charge is 2.32. The van der Waals surface area contributed by atoms with Crippen LogP contribution in [-0.4, -0.2) is 44.8 Å². The first-order chi connectivity index (χ1) is 8.95. The maximum Gasteiger partial charge on any atom is 0.336 e. The van der Waals surface area contributed by atoms with Crippen LogP contribution in [0.1, 0.15) is 18.9 Å². The minimum atomic E-state index is -1.84. The molecule has 0 aliphatic carbocycles. The van der Waals surface area contributed by atoms with Gasteiger partial charge in [0.25, 0.3) is 0 Å². The summed E-state index contributed by atoms with van der Waals surface area (Å²) < 4.78 is 0. The molecule has 19 heavy (non-hydrogen) atoms. The van der Waals surface area contributed by atoms with E-state index in [0.717, 1.165) is 5.56 Å². The van der Waals surface area contributed by atoms with Crippen molar-refractivity contribution in [3.05, 3.63) is 30.1 Å². The molecule has 0 amide bonds. The van der Waals surface area contributed by atoms with E-state index in [4.69, 9.17) is 10.4 Å². The molecule has 0 saturated carbocycles. The lowest BCUT2D eigenvalue weighted by molar-refractivity contribution is -0.158. The Hall–Kier alpha value is -1.97. The second kappa shape index (κ2) is 6.83. The minimum Gasteiger partial charge on any atom is -0.479 e. The molecule has 0 radical (unpaired) electrons. The van der Waals surface area contributed by atoms with Crippen LogP contribution in [0.15, 0.2) is 24.5 Å². The summed E-state index contributed by atoms with van der Waals surface area (Å²) in [5.41, 5.74) is -0.931. The number of carboxylic acids is 1. The topological polar surface area (TPSA) is 97.5 Å². The lowest BCUT2D eigenvalue weighted by atomic mass is 10.1. The highest BCUT2D eigenvalue weighted by atomic mass is 16.4. The summed E-state index contributed by atoms with van der Waals surface area (Å²) in [5.74, 6) is -1.28. The van der Waals surface area contributed by atoms with Crippen molar-refractivity contribution >= 4 is 5.97 Å². The smallest absolute Gasteiger partial charge is 0.336 e. The lowest BCUT2D eigenvalue weighted by Gasteiger charge is -2.28. The Morgan fingerprint density at radius 1 is 1.63 bits per heavy atom. The van der Waals surface area contributed by atoms with E-state index in [2.05, 4.69) is 4.98 Å². The van der Waals surface area contributed by atoms with Gasteiger partial charge in [0.15, 0.2) is 5.60 Å². The van der Waals surface area contributed by atoms with Gasteiger partial charge < -0.3 is 10.2 Å². The number of hydrogen-bond donors (Lipinski definition) is 2. The molecular formula is C13H17N3O3. The fourth-order valence-corrected chi connectivity index (χ4v) is 1.68. The third-order valence-electron chi connectivity index (χ3n) is 2.66. The van der Waals surface area contributed by atoms with Crippen LogP contribution in [0.25, 0.3) is 0 Å². The third-order valence-corrected chi connectivity index (χ3v) is 2.66. The quantitative estimate of drug-likeness (QED) is 0.749. The zero-order chi connectivity index (χ0) is 14.3. The number of hydrogen-bond acceptors (Lipinski definition) is 5. The number of carboxylic acid groups (broad SMARTS) is 1. The molecule has 1 aromatic rings. The summed E-state index contributed by atoms with van der Waals surface area (Å²) >= 11 is 0. The third kappa shape index (κ3) is 5.04. The number of rotatable bonds is 7. The van der Waals surface area contributed by atoms with Crippen LogP contribution in [0.2, 0.25) is 0 Å². The van der Waals surface area contributed by atoms with Crippen LogP contribution >= 0.6 is 0 Å².